The van der Waals surface area contributed by atoms with Crippen LogP contribution < -0.4 is 10.2 Å². The highest BCUT2D eigenvalue weighted by Crippen LogP contribution is 2.30. The quantitative estimate of drug-likeness (QED) is 0.529. The lowest BCUT2D eigenvalue weighted by molar-refractivity contribution is -0.120. The first-order valence-corrected chi connectivity index (χ1v) is 10.5. The van der Waals surface area contributed by atoms with Crippen molar-refractivity contribution in [1.29, 1.82) is 0 Å². The van der Waals surface area contributed by atoms with Crippen LogP contribution in [0.4, 0.5) is 11.4 Å². The van der Waals surface area contributed by atoms with E-state index in [2.05, 4.69) is 10.1 Å². The van der Waals surface area contributed by atoms with Crippen LogP contribution in [0.2, 0.25) is 0 Å². The smallest absolute Gasteiger partial charge is 0.337 e. The second-order valence-electron chi connectivity index (χ2n) is 7.28. The van der Waals surface area contributed by atoms with Gasteiger partial charge < -0.3 is 19.7 Å². The zero-order valence-corrected chi connectivity index (χ0v) is 18.4. The van der Waals surface area contributed by atoms with Crippen LogP contribution in [-0.2, 0) is 19.1 Å². The van der Waals surface area contributed by atoms with E-state index in [-0.39, 0.29) is 27.9 Å². The number of carbonyl (C=O) groups is 4. The number of halogens is 1. The largest absolute Gasteiger partial charge is 0.465 e. The van der Waals surface area contributed by atoms with Crippen LogP contribution in [0.3, 0.4) is 0 Å². The van der Waals surface area contributed by atoms with Crippen molar-refractivity contribution in [3.63, 3.8) is 0 Å². The molecule has 1 saturated heterocycles. The zero-order chi connectivity index (χ0) is 23.5. The van der Waals surface area contributed by atoms with Gasteiger partial charge in [0.2, 0.25) is 0 Å². The topological polar surface area (TPSA) is 105 Å². The first-order valence-electron chi connectivity index (χ1n) is 10.1. The molecule has 1 fully saturated rings. The number of carbonyl (C=O) groups excluding carboxylic acids is 4. The van der Waals surface area contributed by atoms with Crippen LogP contribution in [0.15, 0.2) is 59.3 Å². The maximum atomic E-state index is 13.0. The van der Waals surface area contributed by atoms with Gasteiger partial charge in [-0.1, -0.05) is 17.7 Å². The molecule has 0 unspecified atom stereocenters. The van der Waals surface area contributed by atoms with E-state index in [1.807, 2.05) is 0 Å². The van der Waals surface area contributed by atoms with E-state index in [1.54, 1.807) is 29.2 Å². The molecule has 170 valence electrons. The molecule has 3 amide bonds. The third kappa shape index (κ3) is 4.46. The number of benzene rings is 2. The van der Waals surface area contributed by atoms with Crippen LogP contribution in [-0.4, -0.2) is 62.0 Å². The summed E-state index contributed by atoms with van der Waals surface area (Å²) in [6.07, 6.45) is 0. The monoisotopic (exact) mass is 469 g/mol. The maximum Gasteiger partial charge on any atom is 0.337 e. The highest BCUT2D eigenvalue weighted by atomic mass is 35.5. The van der Waals surface area contributed by atoms with Gasteiger partial charge in [-0.2, -0.15) is 0 Å². The van der Waals surface area contributed by atoms with Gasteiger partial charge in [-0.05, 0) is 42.5 Å². The molecule has 0 radical (unpaired) electrons. The molecule has 33 heavy (non-hydrogen) atoms. The van der Waals surface area contributed by atoms with Gasteiger partial charge >= 0.3 is 5.97 Å². The molecule has 9 nitrogen and oxygen atoms in total. The van der Waals surface area contributed by atoms with Gasteiger partial charge in [0.05, 0.1) is 31.6 Å². The molecule has 4 rings (SSSR count). The summed E-state index contributed by atoms with van der Waals surface area (Å²) < 4.78 is 9.93. The van der Waals surface area contributed by atoms with Gasteiger partial charge in [-0.3, -0.25) is 14.4 Å². The van der Waals surface area contributed by atoms with Crippen LogP contribution in [0, 0.1) is 0 Å². The molecular weight excluding hydrogens is 450 g/mol. The lowest BCUT2D eigenvalue weighted by Gasteiger charge is -2.27. The molecule has 0 bridgehead atoms. The van der Waals surface area contributed by atoms with E-state index >= 15 is 0 Å². The number of nitrogens with one attached hydrogen (secondary N) is 1. The minimum absolute atomic E-state index is 0.102. The van der Waals surface area contributed by atoms with E-state index in [0.717, 1.165) is 4.90 Å². The van der Waals surface area contributed by atoms with Gasteiger partial charge in [0, 0.05) is 24.3 Å². The molecule has 0 spiro atoms. The van der Waals surface area contributed by atoms with E-state index in [9.17, 15) is 19.2 Å². The number of ether oxygens (including phenoxy) is 2. The van der Waals surface area contributed by atoms with Crippen molar-refractivity contribution in [3.05, 3.63) is 70.4 Å². The third-order valence-corrected chi connectivity index (χ3v) is 5.60. The van der Waals surface area contributed by atoms with Crippen molar-refractivity contribution in [1.82, 2.24) is 4.90 Å². The predicted molar refractivity (Wildman–Crippen MR) is 120 cm³/mol. The lowest BCUT2D eigenvalue weighted by atomic mass is 10.1. The van der Waals surface area contributed by atoms with Gasteiger partial charge in [-0.25, -0.2) is 9.69 Å². The predicted octanol–water partition coefficient (Wildman–Crippen LogP) is 2.38. The van der Waals surface area contributed by atoms with Crippen molar-refractivity contribution in [2.75, 3.05) is 43.6 Å². The Hall–Kier alpha value is -3.69. The first-order chi connectivity index (χ1) is 15.9. The summed E-state index contributed by atoms with van der Waals surface area (Å²) in [4.78, 5) is 52.6. The first kappa shape index (κ1) is 22.5. The maximum absolute atomic E-state index is 13.0. The summed E-state index contributed by atoms with van der Waals surface area (Å²) in [6, 6.07) is 12.4. The fourth-order valence-electron chi connectivity index (χ4n) is 3.53. The average Bonchev–Trinajstić information content (AvgIpc) is 3.07. The van der Waals surface area contributed by atoms with Crippen LogP contribution in [0.1, 0.15) is 20.7 Å². The average molecular weight is 470 g/mol. The van der Waals surface area contributed by atoms with Crippen LogP contribution >= 0.6 is 11.6 Å². The minimum Gasteiger partial charge on any atom is -0.465 e. The summed E-state index contributed by atoms with van der Waals surface area (Å²) in [6.45, 7) is 1.98. The number of hydrogen-bond donors (Lipinski definition) is 1. The minimum atomic E-state index is -0.699. The second kappa shape index (κ2) is 9.43. The Bertz CT molecular complexity index is 1160. The Morgan fingerprint density at radius 2 is 1.70 bits per heavy atom. The molecule has 2 aliphatic rings. The third-order valence-electron chi connectivity index (χ3n) is 5.25. The molecule has 0 aromatic heterocycles. The standard InChI is InChI=1S/C23H20ClN3O6/c1-32-23(31)14-5-7-17(8-6-14)27-21(29)18(24)19(22(27)30)25-16-4-2-3-15(13-16)20(28)26-9-11-33-12-10-26/h2-8,13,25H,9-12H2,1H3. The highest BCUT2D eigenvalue weighted by molar-refractivity contribution is 6.53. The molecular formula is C23H20ClN3O6. The summed E-state index contributed by atoms with van der Waals surface area (Å²) in [7, 11) is 1.26. The molecule has 2 heterocycles. The molecule has 0 saturated carbocycles. The van der Waals surface area contributed by atoms with Crippen molar-refractivity contribution < 1.29 is 28.7 Å². The Labute approximate surface area is 194 Å². The van der Waals surface area contributed by atoms with Gasteiger partial charge in [0.25, 0.3) is 17.7 Å². The summed E-state index contributed by atoms with van der Waals surface area (Å²) >= 11 is 6.19. The fraction of sp³-hybridized carbons (Fsp3) is 0.217. The molecule has 2 aliphatic heterocycles. The van der Waals surface area contributed by atoms with Crippen molar-refractivity contribution >= 4 is 46.7 Å². The zero-order valence-electron chi connectivity index (χ0n) is 17.7. The van der Waals surface area contributed by atoms with E-state index in [0.29, 0.717) is 37.6 Å². The number of morpholine rings is 1. The Morgan fingerprint density at radius 1 is 1.00 bits per heavy atom. The van der Waals surface area contributed by atoms with E-state index < -0.39 is 17.8 Å². The van der Waals surface area contributed by atoms with Gasteiger partial charge in [-0.15, -0.1) is 0 Å². The Kier molecular flexibility index (Phi) is 6.43. The number of hydrogen-bond acceptors (Lipinski definition) is 7. The Morgan fingerprint density at radius 3 is 2.36 bits per heavy atom. The fourth-order valence-corrected chi connectivity index (χ4v) is 3.75. The summed E-state index contributed by atoms with van der Waals surface area (Å²) in [5, 5.41) is 2.60. The van der Waals surface area contributed by atoms with Gasteiger partial charge in [0.15, 0.2) is 0 Å². The summed E-state index contributed by atoms with van der Waals surface area (Å²) in [5.41, 5.74) is 1.30. The van der Waals surface area contributed by atoms with Gasteiger partial charge in [0.1, 0.15) is 10.7 Å². The van der Waals surface area contributed by atoms with Crippen molar-refractivity contribution in [2.24, 2.45) is 0 Å². The van der Waals surface area contributed by atoms with Crippen LogP contribution in [0.25, 0.3) is 0 Å². The number of amides is 3. The number of anilines is 2. The molecule has 2 aromatic carbocycles. The number of imide groups is 1. The lowest BCUT2D eigenvalue weighted by Crippen LogP contribution is -2.40. The second-order valence-corrected chi connectivity index (χ2v) is 7.66. The van der Waals surface area contributed by atoms with E-state index in [4.69, 9.17) is 16.3 Å². The molecule has 2 aromatic rings. The summed E-state index contributed by atoms with van der Waals surface area (Å²) in [5.74, 6) is -2.04. The molecule has 0 aliphatic carbocycles. The number of rotatable bonds is 5. The Balaban J connectivity index is 1.53. The van der Waals surface area contributed by atoms with Crippen molar-refractivity contribution in [2.45, 2.75) is 0 Å². The number of esters is 1. The van der Waals surface area contributed by atoms with E-state index in [1.165, 1.54) is 31.4 Å². The molecule has 1 N–H and O–H groups in total. The molecule has 10 heteroatoms. The normalized spacial score (nSPS) is 16.3. The highest BCUT2D eigenvalue weighted by Gasteiger charge is 2.39. The van der Waals surface area contributed by atoms with Crippen LogP contribution in [0.5, 0.6) is 0 Å². The number of methoxy groups -OCH3 is 1. The SMILES string of the molecule is COC(=O)c1ccc(N2C(=O)C(Cl)=C(Nc3cccc(C(=O)N4CCOCC4)c3)C2=O)cc1. The van der Waals surface area contributed by atoms with Crippen molar-refractivity contribution in [3.8, 4) is 0 Å². The number of nitrogens with zero attached hydrogens (tertiary/aromatic N) is 2. The molecule has 0 atom stereocenters.